The van der Waals surface area contributed by atoms with Crippen LogP contribution in [0.4, 0.5) is 0 Å². The van der Waals surface area contributed by atoms with Gasteiger partial charge in [0.2, 0.25) is 0 Å². The Labute approximate surface area is 118 Å². The minimum atomic E-state index is -0.405. The van der Waals surface area contributed by atoms with Crippen molar-refractivity contribution in [1.82, 2.24) is 5.32 Å². The van der Waals surface area contributed by atoms with E-state index in [-0.39, 0.29) is 0 Å². The van der Waals surface area contributed by atoms with Gasteiger partial charge in [-0.15, -0.1) is 0 Å². The average molecular weight is 265 g/mol. The van der Waals surface area contributed by atoms with Crippen molar-refractivity contribution in [2.75, 3.05) is 6.54 Å². The van der Waals surface area contributed by atoms with E-state index in [0.29, 0.717) is 11.5 Å². The van der Waals surface area contributed by atoms with E-state index < -0.39 is 5.60 Å². The van der Waals surface area contributed by atoms with Crippen LogP contribution in [0.5, 0.6) is 0 Å². The van der Waals surface area contributed by atoms with Gasteiger partial charge in [0, 0.05) is 12.6 Å². The first-order valence-corrected chi connectivity index (χ1v) is 8.58. The van der Waals surface area contributed by atoms with E-state index in [2.05, 4.69) is 12.2 Å². The summed E-state index contributed by atoms with van der Waals surface area (Å²) in [6.07, 6.45) is 14.3. The molecule has 0 aromatic rings. The molecular weight excluding hydrogens is 234 g/mol. The van der Waals surface area contributed by atoms with E-state index >= 15 is 0 Å². The zero-order valence-electron chi connectivity index (χ0n) is 12.6. The Morgan fingerprint density at radius 1 is 0.947 bits per heavy atom. The van der Waals surface area contributed by atoms with Crippen molar-refractivity contribution in [3.05, 3.63) is 0 Å². The average Bonchev–Trinajstić information content (AvgIpc) is 2.42. The molecule has 3 aliphatic carbocycles. The molecular formula is C17H31NO. The quantitative estimate of drug-likeness (QED) is 0.816. The molecule has 1 unspecified atom stereocenters. The third-order valence-corrected chi connectivity index (χ3v) is 6.40. The van der Waals surface area contributed by atoms with Crippen molar-refractivity contribution in [1.29, 1.82) is 0 Å². The Kier molecular flexibility index (Phi) is 3.92. The summed E-state index contributed by atoms with van der Waals surface area (Å²) < 4.78 is 0. The summed E-state index contributed by atoms with van der Waals surface area (Å²) in [5.74, 6) is 0.814. The van der Waals surface area contributed by atoms with Gasteiger partial charge in [-0.25, -0.2) is 0 Å². The lowest BCUT2D eigenvalue weighted by atomic mass is 9.57. The first-order chi connectivity index (χ1) is 9.12. The Hall–Kier alpha value is -0.0800. The van der Waals surface area contributed by atoms with Crippen LogP contribution in [-0.4, -0.2) is 23.3 Å². The van der Waals surface area contributed by atoms with E-state index in [0.717, 1.165) is 25.3 Å². The summed E-state index contributed by atoms with van der Waals surface area (Å²) in [5.41, 5.74) is 0.217. The molecule has 0 amide bonds. The number of hydrogen-bond acceptors (Lipinski definition) is 2. The molecule has 0 saturated heterocycles. The second-order valence-electron chi connectivity index (χ2n) is 7.80. The highest BCUT2D eigenvalue weighted by molar-refractivity contribution is 5.02. The molecule has 3 rings (SSSR count). The van der Waals surface area contributed by atoms with Crippen molar-refractivity contribution in [2.24, 2.45) is 11.3 Å². The summed E-state index contributed by atoms with van der Waals surface area (Å²) in [6, 6.07) is 0.705. The van der Waals surface area contributed by atoms with Crippen molar-refractivity contribution >= 4 is 0 Å². The maximum Gasteiger partial charge on any atom is 0.0771 e. The highest BCUT2D eigenvalue weighted by Crippen LogP contribution is 2.51. The summed E-state index contributed by atoms with van der Waals surface area (Å²) in [7, 11) is 0. The van der Waals surface area contributed by atoms with Gasteiger partial charge in [0.05, 0.1) is 5.60 Å². The number of aliphatic hydroxyl groups is 1. The van der Waals surface area contributed by atoms with Gasteiger partial charge in [0.25, 0.3) is 0 Å². The molecule has 0 aromatic heterocycles. The second kappa shape index (κ2) is 5.37. The van der Waals surface area contributed by atoms with Gasteiger partial charge in [-0.1, -0.05) is 26.2 Å². The third-order valence-electron chi connectivity index (χ3n) is 6.40. The van der Waals surface area contributed by atoms with Crippen LogP contribution in [0.2, 0.25) is 0 Å². The Balaban J connectivity index is 1.49. The lowest BCUT2D eigenvalue weighted by Gasteiger charge is -2.53. The van der Waals surface area contributed by atoms with E-state index in [1.165, 1.54) is 57.8 Å². The van der Waals surface area contributed by atoms with E-state index in [4.69, 9.17) is 0 Å². The predicted molar refractivity (Wildman–Crippen MR) is 79.1 cm³/mol. The molecule has 3 saturated carbocycles. The van der Waals surface area contributed by atoms with Crippen molar-refractivity contribution in [3.8, 4) is 0 Å². The van der Waals surface area contributed by atoms with Gasteiger partial charge in [-0.3, -0.25) is 0 Å². The molecule has 2 N–H and O–H groups in total. The third kappa shape index (κ3) is 2.85. The first kappa shape index (κ1) is 13.9. The zero-order valence-corrected chi connectivity index (χ0v) is 12.6. The van der Waals surface area contributed by atoms with Crippen LogP contribution in [0.15, 0.2) is 0 Å². The largest absolute Gasteiger partial charge is 0.389 e. The van der Waals surface area contributed by atoms with Crippen LogP contribution in [-0.2, 0) is 0 Å². The normalized spacial score (nSPS) is 42.0. The Morgan fingerprint density at radius 2 is 1.63 bits per heavy atom. The Bertz CT molecular complexity index is 300. The second-order valence-corrected chi connectivity index (χ2v) is 7.80. The van der Waals surface area contributed by atoms with Crippen molar-refractivity contribution in [3.63, 3.8) is 0 Å². The Morgan fingerprint density at radius 3 is 2.21 bits per heavy atom. The fourth-order valence-corrected chi connectivity index (χ4v) is 4.66. The minimum Gasteiger partial charge on any atom is -0.389 e. The maximum atomic E-state index is 10.7. The lowest BCUT2D eigenvalue weighted by Crippen LogP contribution is -2.57. The van der Waals surface area contributed by atoms with Gasteiger partial charge < -0.3 is 10.4 Å². The SMILES string of the molecule is CC1CCC(O)(CNC2CCC23CCCCC3)CC1. The van der Waals surface area contributed by atoms with Crippen LogP contribution in [0.25, 0.3) is 0 Å². The van der Waals surface area contributed by atoms with Crippen LogP contribution in [0, 0.1) is 11.3 Å². The predicted octanol–water partition coefficient (Wildman–Crippen LogP) is 3.63. The number of rotatable bonds is 3. The van der Waals surface area contributed by atoms with Crippen molar-refractivity contribution in [2.45, 2.75) is 89.2 Å². The van der Waals surface area contributed by atoms with E-state index in [9.17, 15) is 5.11 Å². The van der Waals surface area contributed by atoms with Crippen LogP contribution >= 0.6 is 0 Å². The highest BCUT2D eigenvalue weighted by Gasteiger charge is 2.47. The molecule has 0 bridgehead atoms. The van der Waals surface area contributed by atoms with Gasteiger partial charge >= 0.3 is 0 Å². The summed E-state index contributed by atoms with van der Waals surface area (Å²) in [5, 5.41) is 14.4. The van der Waals surface area contributed by atoms with Gasteiger partial charge in [-0.05, 0) is 62.7 Å². The zero-order chi connectivity index (χ0) is 13.3. The molecule has 19 heavy (non-hydrogen) atoms. The monoisotopic (exact) mass is 265 g/mol. The minimum absolute atomic E-state index is 0.405. The molecule has 3 aliphatic rings. The lowest BCUT2D eigenvalue weighted by molar-refractivity contribution is -0.0317. The molecule has 0 heterocycles. The summed E-state index contributed by atoms with van der Waals surface area (Å²) >= 11 is 0. The van der Waals surface area contributed by atoms with E-state index in [1.54, 1.807) is 0 Å². The molecule has 2 nitrogen and oxygen atoms in total. The van der Waals surface area contributed by atoms with Gasteiger partial charge in [0.1, 0.15) is 0 Å². The number of nitrogens with one attached hydrogen (secondary N) is 1. The molecule has 110 valence electrons. The molecule has 0 radical (unpaired) electrons. The fraction of sp³-hybridized carbons (Fsp3) is 1.00. The van der Waals surface area contributed by atoms with Crippen LogP contribution in [0.3, 0.4) is 0 Å². The molecule has 0 aromatic carbocycles. The molecule has 2 heteroatoms. The van der Waals surface area contributed by atoms with Crippen molar-refractivity contribution < 1.29 is 5.11 Å². The summed E-state index contributed by atoms with van der Waals surface area (Å²) in [4.78, 5) is 0. The molecule has 1 spiro atoms. The maximum absolute atomic E-state index is 10.7. The highest BCUT2D eigenvalue weighted by atomic mass is 16.3. The first-order valence-electron chi connectivity index (χ1n) is 8.58. The van der Waals surface area contributed by atoms with Gasteiger partial charge in [0.15, 0.2) is 0 Å². The summed E-state index contributed by atoms with van der Waals surface area (Å²) in [6.45, 7) is 3.15. The smallest absolute Gasteiger partial charge is 0.0771 e. The van der Waals surface area contributed by atoms with E-state index in [1.807, 2.05) is 0 Å². The molecule has 1 atom stereocenters. The topological polar surface area (TPSA) is 32.3 Å². The van der Waals surface area contributed by atoms with Crippen LogP contribution < -0.4 is 5.32 Å². The van der Waals surface area contributed by atoms with Gasteiger partial charge in [-0.2, -0.15) is 0 Å². The van der Waals surface area contributed by atoms with Crippen LogP contribution in [0.1, 0.15) is 77.6 Å². The molecule has 3 fully saturated rings. The molecule has 0 aliphatic heterocycles. The fourth-order valence-electron chi connectivity index (χ4n) is 4.66. The standard InChI is InChI=1S/C17H31NO/c1-14-5-11-17(19,12-6-14)13-18-15-7-10-16(15)8-3-2-4-9-16/h14-15,18-19H,2-13H2,1H3. The number of hydrogen-bond donors (Lipinski definition) is 2.